The molecule has 8 nitrogen and oxygen atoms in total. The maximum atomic E-state index is 12.4. The number of hydrogen-bond donors (Lipinski definition) is 3. The van der Waals surface area contributed by atoms with Crippen LogP contribution in [-0.4, -0.2) is 50.3 Å². The lowest BCUT2D eigenvalue weighted by Gasteiger charge is -2.18. The summed E-state index contributed by atoms with van der Waals surface area (Å²) in [7, 11) is 0.153. The van der Waals surface area contributed by atoms with Crippen LogP contribution in [-0.2, 0) is 23.5 Å². The van der Waals surface area contributed by atoms with Crippen LogP contribution in [0.5, 0.6) is 0 Å². The second-order valence-electron chi connectivity index (χ2n) is 7.20. The van der Waals surface area contributed by atoms with E-state index in [1.807, 2.05) is 32.5 Å². The van der Waals surface area contributed by atoms with Crippen molar-refractivity contribution in [2.24, 2.45) is 12.0 Å². The molecule has 1 unspecified atom stereocenters. The third kappa shape index (κ3) is 6.03. The average molecular weight is 441 g/mol. The second-order valence-corrected chi connectivity index (χ2v) is 10.4. The van der Waals surface area contributed by atoms with Gasteiger partial charge in [0.15, 0.2) is 5.96 Å². The Morgan fingerprint density at radius 1 is 1.28 bits per heavy atom. The summed E-state index contributed by atoms with van der Waals surface area (Å²) in [6.45, 7) is 10.6. The number of guanidine groups is 1. The molecular formula is C19H32N6O2S2. The van der Waals surface area contributed by atoms with E-state index in [0.29, 0.717) is 17.4 Å². The number of sulfonamides is 1. The lowest BCUT2D eigenvalue weighted by molar-refractivity contribution is 0.579. The van der Waals surface area contributed by atoms with Gasteiger partial charge in [-0.3, -0.25) is 9.67 Å². The van der Waals surface area contributed by atoms with Crippen LogP contribution in [0.2, 0.25) is 0 Å². The number of hydrogen-bond acceptors (Lipinski definition) is 5. The third-order valence-electron chi connectivity index (χ3n) is 4.77. The Morgan fingerprint density at radius 3 is 2.48 bits per heavy atom. The van der Waals surface area contributed by atoms with Gasteiger partial charge in [0, 0.05) is 48.7 Å². The molecule has 162 valence electrons. The molecular weight excluding hydrogens is 408 g/mol. The largest absolute Gasteiger partial charge is 0.355 e. The van der Waals surface area contributed by atoms with E-state index in [2.05, 4.69) is 39.3 Å². The smallest absolute Gasteiger partial charge is 0.241 e. The molecule has 0 aromatic carbocycles. The van der Waals surface area contributed by atoms with Gasteiger partial charge in [-0.05, 0) is 52.7 Å². The molecule has 0 amide bonds. The van der Waals surface area contributed by atoms with Crippen LogP contribution < -0.4 is 15.4 Å². The minimum absolute atomic E-state index is 0.149. The van der Waals surface area contributed by atoms with Crippen molar-refractivity contribution in [2.45, 2.75) is 52.0 Å². The summed E-state index contributed by atoms with van der Waals surface area (Å²) >= 11 is 1.48. The van der Waals surface area contributed by atoms with Gasteiger partial charge in [-0.2, -0.15) is 5.10 Å². The van der Waals surface area contributed by atoms with E-state index in [0.717, 1.165) is 27.6 Å². The summed E-state index contributed by atoms with van der Waals surface area (Å²) in [4.78, 5) is 6.37. The molecule has 0 spiro atoms. The molecule has 0 saturated carbocycles. The van der Waals surface area contributed by atoms with E-state index >= 15 is 0 Å². The molecule has 2 aromatic rings. The predicted octanol–water partition coefficient (Wildman–Crippen LogP) is 1.79. The zero-order valence-electron chi connectivity index (χ0n) is 18.3. The Morgan fingerprint density at radius 2 is 1.97 bits per heavy atom. The zero-order chi connectivity index (χ0) is 21.8. The van der Waals surface area contributed by atoms with Gasteiger partial charge in [-0.25, -0.2) is 13.1 Å². The Labute approximate surface area is 177 Å². The number of aryl methyl sites for hydroxylation is 4. The summed E-state index contributed by atoms with van der Waals surface area (Å²) in [5.74, 6) is 0.637. The second kappa shape index (κ2) is 9.73. The van der Waals surface area contributed by atoms with Crippen molar-refractivity contribution in [3.63, 3.8) is 0 Å². The molecule has 0 fully saturated rings. The van der Waals surface area contributed by atoms with E-state index in [9.17, 15) is 8.42 Å². The fourth-order valence-electron chi connectivity index (χ4n) is 3.22. The van der Waals surface area contributed by atoms with Gasteiger partial charge in [0.1, 0.15) is 0 Å². The maximum absolute atomic E-state index is 12.4. The number of nitrogens with one attached hydrogen (secondary N) is 3. The first-order valence-corrected chi connectivity index (χ1v) is 11.9. The van der Waals surface area contributed by atoms with Gasteiger partial charge in [0.2, 0.25) is 10.0 Å². The summed E-state index contributed by atoms with van der Waals surface area (Å²) in [5, 5.41) is 11.0. The highest BCUT2D eigenvalue weighted by Crippen LogP contribution is 2.24. The number of thiophene rings is 1. The van der Waals surface area contributed by atoms with E-state index in [1.165, 1.54) is 16.9 Å². The molecule has 10 heteroatoms. The summed E-state index contributed by atoms with van der Waals surface area (Å²) in [6, 6.07) is 1.86. The molecule has 0 aliphatic carbocycles. The van der Waals surface area contributed by atoms with Crippen LogP contribution in [0.25, 0.3) is 0 Å². The van der Waals surface area contributed by atoms with Crippen LogP contribution in [0.15, 0.2) is 16.0 Å². The summed E-state index contributed by atoms with van der Waals surface area (Å²) in [5.41, 5.74) is 3.43. The Hall–Kier alpha value is -1.91. The monoisotopic (exact) mass is 440 g/mol. The molecule has 2 rings (SSSR count). The first kappa shape index (κ1) is 23.4. The van der Waals surface area contributed by atoms with E-state index in [1.54, 1.807) is 13.1 Å². The van der Waals surface area contributed by atoms with Crippen LogP contribution in [0.4, 0.5) is 0 Å². The average Bonchev–Trinajstić information content (AvgIpc) is 3.10. The van der Waals surface area contributed by atoms with Crippen molar-refractivity contribution < 1.29 is 8.42 Å². The lowest BCUT2D eigenvalue weighted by atomic mass is 10.1. The van der Waals surface area contributed by atoms with E-state index < -0.39 is 10.0 Å². The van der Waals surface area contributed by atoms with Gasteiger partial charge >= 0.3 is 0 Å². The fraction of sp³-hybridized carbons (Fsp3) is 0.579. The van der Waals surface area contributed by atoms with Crippen LogP contribution in [0, 0.1) is 27.7 Å². The predicted molar refractivity (Wildman–Crippen MR) is 119 cm³/mol. The SMILES string of the molecule is CN=C(NCCNS(=O)(=O)c1cc(C)sc1C)NC(C)Cc1c(C)nn(C)c1C. The minimum Gasteiger partial charge on any atom is -0.355 e. The van der Waals surface area contributed by atoms with Crippen molar-refractivity contribution in [2.75, 3.05) is 20.1 Å². The van der Waals surface area contributed by atoms with Crippen molar-refractivity contribution in [3.05, 3.63) is 32.8 Å². The van der Waals surface area contributed by atoms with Crippen molar-refractivity contribution in [1.29, 1.82) is 0 Å². The van der Waals surface area contributed by atoms with Crippen molar-refractivity contribution in [1.82, 2.24) is 25.1 Å². The fourth-order valence-corrected chi connectivity index (χ4v) is 5.80. The van der Waals surface area contributed by atoms with Gasteiger partial charge < -0.3 is 10.6 Å². The molecule has 0 bridgehead atoms. The minimum atomic E-state index is -3.49. The van der Waals surface area contributed by atoms with Crippen LogP contribution >= 0.6 is 11.3 Å². The van der Waals surface area contributed by atoms with Crippen molar-refractivity contribution >= 4 is 27.3 Å². The van der Waals surface area contributed by atoms with Crippen molar-refractivity contribution in [3.8, 4) is 0 Å². The molecule has 2 aromatic heterocycles. The third-order valence-corrected chi connectivity index (χ3v) is 7.45. The molecule has 0 aliphatic heterocycles. The molecule has 1 atom stereocenters. The molecule has 3 N–H and O–H groups in total. The molecule has 0 radical (unpaired) electrons. The van der Waals surface area contributed by atoms with Gasteiger partial charge in [0.05, 0.1) is 10.6 Å². The highest BCUT2D eigenvalue weighted by atomic mass is 32.2. The zero-order valence-corrected chi connectivity index (χ0v) is 19.9. The maximum Gasteiger partial charge on any atom is 0.241 e. The molecule has 0 aliphatic rings. The first-order chi connectivity index (χ1) is 13.5. The Bertz CT molecular complexity index is 975. The number of aliphatic imine (C=N–C) groups is 1. The lowest BCUT2D eigenvalue weighted by Crippen LogP contribution is -2.45. The summed E-state index contributed by atoms with van der Waals surface area (Å²) in [6.07, 6.45) is 0.829. The topological polar surface area (TPSA) is 100 Å². The Kier molecular flexibility index (Phi) is 7.84. The molecule has 0 saturated heterocycles. The molecule has 2 heterocycles. The number of aromatic nitrogens is 2. The highest BCUT2D eigenvalue weighted by Gasteiger charge is 2.18. The van der Waals surface area contributed by atoms with Crippen LogP contribution in [0.3, 0.4) is 0 Å². The number of rotatable bonds is 8. The highest BCUT2D eigenvalue weighted by molar-refractivity contribution is 7.89. The normalized spacial score (nSPS) is 13.6. The van der Waals surface area contributed by atoms with E-state index in [4.69, 9.17) is 0 Å². The number of nitrogens with zero attached hydrogens (tertiary/aromatic N) is 3. The Balaban J connectivity index is 1.84. The van der Waals surface area contributed by atoms with Gasteiger partial charge in [-0.15, -0.1) is 11.3 Å². The summed E-state index contributed by atoms with van der Waals surface area (Å²) < 4.78 is 29.4. The first-order valence-electron chi connectivity index (χ1n) is 9.58. The quantitative estimate of drug-likeness (QED) is 0.330. The van der Waals surface area contributed by atoms with Gasteiger partial charge in [0.25, 0.3) is 0 Å². The van der Waals surface area contributed by atoms with E-state index in [-0.39, 0.29) is 12.6 Å². The van der Waals surface area contributed by atoms with Crippen LogP contribution in [0.1, 0.15) is 33.6 Å². The van der Waals surface area contributed by atoms with Gasteiger partial charge in [-0.1, -0.05) is 0 Å². The molecule has 29 heavy (non-hydrogen) atoms. The standard InChI is InChI=1S/C19H32N6O2S2/c1-12(10-17-14(3)24-25(7)15(17)4)23-19(20-6)21-8-9-22-29(26,27)18-11-13(2)28-16(18)5/h11-12,22H,8-10H2,1-7H3,(H2,20,21,23).